The topological polar surface area (TPSA) is 72.7 Å². The predicted molar refractivity (Wildman–Crippen MR) is 99.0 cm³/mol. The molecule has 0 aromatic carbocycles. The highest BCUT2D eigenvalue weighted by atomic mass is 32.1. The zero-order valence-electron chi connectivity index (χ0n) is 13.8. The summed E-state index contributed by atoms with van der Waals surface area (Å²) in [5.41, 5.74) is 1.55. The van der Waals surface area contributed by atoms with Crippen molar-refractivity contribution in [3.05, 3.63) is 39.5 Å². The van der Waals surface area contributed by atoms with E-state index in [2.05, 4.69) is 25.1 Å². The zero-order valence-corrected chi connectivity index (χ0v) is 15.4. The lowest BCUT2D eigenvalue weighted by atomic mass is 10.2. The Morgan fingerprint density at radius 3 is 3.08 bits per heavy atom. The van der Waals surface area contributed by atoms with Gasteiger partial charge in [0.2, 0.25) is 0 Å². The number of carbonyl (C=O) groups is 1. The molecule has 25 heavy (non-hydrogen) atoms. The number of aromatic nitrogens is 4. The second kappa shape index (κ2) is 7.45. The van der Waals surface area contributed by atoms with Crippen LogP contribution in [-0.2, 0) is 19.4 Å². The van der Waals surface area contributed by atoms with Crippen LogP contribution in [0.3, 0.4) is 0 Å². The number of fused-ring (bicyclic) bond motifs is 1. The van der Waals surface area contributed by atoms with E-state index in [1.807, 2.05) is 22.2 Å². The SMILES string of the molecule is O=C(NCCc1nnc2n1CCCCC2)c1csc(-c2ccsc2)n1. The van der Waals surface area contributed by atoms with Crippen LogP contribution in [0.25, 0.3) is 10.6 Å². The van der Waals surface area contributed by atoms with Gasteiger partial charge in [-0.15, -0.1) is 21.5 Å². The molecule has 0 saturated heterocycles. The molecule has 0 unspecified atom stereocenters. The third-order valence-electron chi connectivity index (χ3n) is 4.33. The van der Waals surface area contributed by atoms with Crippen molar-refractivity contribution in [3.8, 4) is 10.6 Å². The Bertz CT molecular complexity index is 852. The van der Waals surface area contributed by atoms with Gasteiger partial charge in [0.05, 0.1) is 0 Å². The molecule has 1 aliphatic heterocycles. The lowest BCUT2D eigenvalue weighted by Gasteiger charge is -2.07. The van der Waals surface area contributed by atoms with Gasteiger partial charge in [0.25, 0.3) is 5.91 Å². The number of thiophene rings is 1. The van der Waals surface area contributed by atoms with Crippen molar-refractivity contribution in [2.24, 2.45) is 0 Å². The summed E-state index contributed by atoms with van der Waals surface area (Å²) in [5, 5.41) is 18.3. The molecule has 130 valence electrons. The summed E-state index contributed by atoms with van der Waals surface area (Å²) in [5.74, 6) is 1.92. The van der Waals surface area contributed by atoms with Crippen molar-refractivity contribution in [2.45, 2.75) is 38.6 Å². The van der Waals surface area contributed by atoms with Gasteiger partial charge in [-0.25, -0.2) is 4.98 Å². The average molecular weight is 374 g/mol. The summed E-state index contributed by atoms with van der Waals surface area (Å²) in [6.07, 6.45) is 5.30. The molecule has 0 radical (unpaired) electrons. The molecule has 8 heteroatoms. The molecule has 0 fully saturated rings. The van der Waals surface area contributed by atoms with E-state index in [9.17, 15) is 4.79 Å². The zero-order chi connectivity index (χ0) is 17.1. The molecular weight excluding hydrogens is 354 g/mol. The number of nitrogens with zero attached hydrogens (tertiary/aromatic N) is 4. The third kappa shape index (κ3) is 3.64. The number of rotatable bonds is 5. The first kappa shape index (κ1) is 16.4. The molecule has 0 spiro atoms. The second-order valence-corrected chi connectivity index (χ2v) is 7.69. The molecule has 6 nitrogen and oxygen atoms in total. The lowest BCUT2D eigenvalue weighted by Crippen LogP contribution is -2.26. The van der Waals surface area contributed by atoms with E-state index < -0.39 is 0 Å². The van der Waals surface area contributed by atoms with E-state index in [1.54, 1.807) is 11.3 Å². The van der Waals surface area contributed by atoms with Crippen LogP contribution in [0.5, 0.6) is 0 Å². The van der Waals surface area contributed by atoms with Crippen LogP contribution in [0.15, 0.2) is 22.2 Å². The number of hydrogen-bond donors (Lipinski definition) is 1. The van der Waals surface area contributed by atoms with Gasteiger partial charge in [-0.2, -0.15) is 11.3 Å². The highest BCUT2D eigenvalue weighted by Gasteiger charge is 2.15. The third-order valence-corrected chi connectivity index (χ3v) is 5.90. The Morgan fingerprint density at radius 1 is 1.24 bits per heavy atom. The minimum Gasteiger partial charge on any atom is -0.350 e. The van der Waals surface area contributed by atoms with Crippen molar-refractivity contribution in [1.29, 1.82) is 0 Å². The van der Waals surface area contributed by atoms with Gasteiger partial charge in [-0.3, -0.25) is 4.79 Å². The van der Waals surface area contributed by atoms with Gasteiger partial charge in [0.1, 0.15) is 22.4 Å². The number of nitrogens with one attached hydrogen (secondary N) is 1. The molecule has 0 aliphatic carbocycles. The Balaban J connectivity index is 1.34. The highest BCUT2D eigenvalue weighted by molar-refractivity contribution is 7.14. The molecule has 3 aromatic rings. The van der Waals surface area contributed by atoms with Crippen molar-refractivity contribution < 1.29 is 4.79 Å². The Kier molecular flexibility index (Phi) is 4.89. The van der Waals surface area contributed by atoms with Crippen molar-refractivity contribution >= 4 is 28.6 Å². The van der Waals surface area contributed by atoms with Gasteiger partial charge in [0.15, 0.2) is 0 Å². The molecule has 0 saturated carbocycles. The van der Waals surface area contributed by atoms with Gasteiger partial charge >= 0.3 is 0 Å². The number of aryl methyl sites for hydroxylation is 1. The molecule has 1 aliphatic rings. The molecule has 3 aromatic heterocycles. The Labute approximate surface area is 153 Å². The first-order valence-electron chi connectivity index (χ1n) is 8.48. The summed E-state index contributed by atoms with van der Waals surface area (Å²) in [6.45, 7) is 1.53. The molecular formula is C17H19N5OS2. The summed E-state index contributed by atoms with van der Waals surface area (Å²) in [4.78, 5) is 16.7. The maximum atomic E-state index is 12.3. The summed E-state index contributed by atoms with van der Waals surface area (Å²) in [7, 11) is 0. The van der Waals surface area contributed by atoms with Gasteiger partial charge in [-0.1, -0.05) is 6.42 Å². The van der Waals surface area contributed by atoms with Crippen LogP contribution in [0.4, 0.5) is 0 Å². The summed E-state index contributed by atoms with van der Waals surface area (Å²) in [6, 6.07) is 2.02. The van der Waals surface area contributed by atoms with Crippen LogP contribution >= 0.6 is 22.7 Å². The molecule has 0 atom stereocenters. The van der Waals surface area contributed by atoms with Crippen molar-refractivity contribution in [1.82, 2.24) is 25.1 Å². The fourth-order valence-electron chi connectivity index (χ4n) is 3.01. The van der Waals surface area contributed by atoms with Crippen LogP contribution in [0.2, 0.25) is 0 Å². The minimum atomic E-state index is -0.131. The number of carbonyl (C=O) groups excluding carboxylic acids is 1. The maximum Gasteiger partial charge on any atom is 0.270 e. The second-order valence-electron chi connectivity index (χ2n) is 6.05. The fourth-order valence-corrected chi connectivity index (χ4v) is 4.52. The van der Waals surface area contributed by atoms with E-state index in [1.165, 1.54) is 30.6 Å². The van der Waals surface area contributed by atoms with E-state index in [0.717, 1.165) is 35.2 Å². The van der Waals surface area contributed by atoms with Crippen LogP contribution in [-0.4, -0.2) is 32.2 Å². The number of hydrogen-bond acceptors (Lipinski definition) is 6. The van der Waals surface area contributed by atoms with Crippen molar-refractivity contribution in [2.75, 3.05) is 6.54 Å². The fraction of sp³-hybridized carbons (Fsp3) is 0.412. The van der Waals surface area contributed by atoms with E-state index in [-0.39, 0.29) is 5.91 Å². The molecule has 4 heterocycles. The Morgan fingerprint density at radius 2 is 2.20 bits per heavy atom. The highest BCUT2D eigenvalue weighted by Crippen LogP contribution is 2.25. The normalized spacial score (nSPS) is 14.1. The van der Waals surface area contributed by atoms with Gasteiger partial charge < -0.3 is 9.88 Å². The average Bonchev–Trinajstić information content (AvgIpc) is 3.34. The Hall–Kier alpha value is -2.06. The van der Waals surface area contributed by atoms with Gasteiger partial charge in [-0.05, 0) is 24.3 Å². The van der Waals surface area contributed by atoms with Crippen LogP contribution in [0, 0.1) is 0 Å². The lowest BCUT2D eigenvalue weighted by molar-refractivity contribution is 0.0949. The summed E-state index contributed by atoms with van der Waals surface area (Å²) < 4.78 is 2.22. The van der Waals surface area contributed by atoms with Crippen molar-refractivity contribution in [3.63, 3.8) is 0 Å². The quantitative estimate of drug-likeness (QED) is 0.746. The predicted octanol–water partition coefficient (Wildman–Crippen LogP) is 3.16. The van der Waals surface area contributed by atoms with Gasteiger partial charge in [0, 0.05) is 42.3 Å². The summed E-state index contributed by atoms with van der Waals surface area (Å²) >= 11 is 3.12. The van der Waals surface area contributed by atoms with Crippen LogP contribution in [0.1, 0.15) is 41.4 Å². The standard InChI is InChI=1S/C17H19N5OS2/c23-16(13-11-25-17(19-13)12-6-9-24-10-12)18-7-5-15-21-20-14-4-2-1-3-8-22(14)15/h6,9-11H,1-5,7-8H2,(H,18,23). The van der Waals surface area contributed by atoms with Crippen LogP contribution < -0.4 is 5.32 Å². The number of amides is 1. The number of thiazole rings is 1. The molecule has 1 N–H and O–H groups in total. The smallest absolute Gasteiger partial charge is 0.270 e. The largest absolute Gasteiger partial charge is 0.350 e. The minimum absolute atomic E-state index is 0.131. The van der Waals surface area contributed by atoms with E-state index in [4.69, 9.17) is 0 Å². The maximum absolute atomic E-state index is 12.3. The molecule has 0 bridgehead atoms. The van der Waals surface area contributed by atoms with E-state index >= 15 is 0 Å². The first-order chi connectivity index (χ1) is 12.3. The molecule has 4 rings (SSSR count). The van der Waals surface area contributed by atoms with E-state index in [0.29, 0.717) is 18.7 Å². The molecule has 1 amide bonds. The first-order valence-corrected chi connectivity index (χ1v) is 10.3. The monoisotopic (exact) mass is 373 g/mol.